The summed E-state index contributed by atoms with van der Waals surface area (Å²) in [5.41, 5.74) is -0.0725. The van der Waals surface area contributed by atoms with Crippen molar-refractivity contribution in [3.05, 3.63) is 69.5 Å². The van der Waals surface area contributed by atoms with Crippen LogP contribution in [0.2, 0.25) is 0 Å². The highest BCUT2D eigenvalue weighted by atomic mass is 16.2. The Balaban J connectivity index is 1.41. The van der Waals surface area contributed by atoms with Gasteiger partial charge in [-0.1, -0.05) is 18.2 Å². The van der Waals surface area contributed by atoms with E-state index in [9.17, 15) is 14.4 Å². The van der Waals surface area contributed by atoms with Crippen LogP contribution in [-0.2, 0) is 11.3 Å². The molecule has 1 fully saturated rings. The van der Waals surface area contributed by atoms with Gasteiger partial charge in [-0.15, -0.1) is 0 Å². The second-order valence-corrected chi connectivity index (χ2v) is 7.31. The number of para-hydroxylation sites is 1. The number of carbonyl (C=O) groups excluding carboxylic acids is 1. The molecule has 3 aromatic rings. The maximum atomic E-state index is 12.7. The Labute approximate surface area is 161 Å². The molecule has 7 nitrogen and oxygen atoms in total. The molecule has 7 heteroatoms. The van der Waals surface area contributed by atoms with E-state index < -0.39 is 0 Å². The lowest BCUT2D eigenvalue weighted by Gasteiger charge is -2.27. The van der Waals surface area contributed by atoms with E-state index in [1.807, 2.05) is 6.07 Å². The number of anilines is 1. The second-order valence-electron chi connectivity index (χ2n) is 7.31. The highest BCUT2D eigenvalue weighted by Crippen LogP contribution is 2.30. The second kappa shape index (κ2) is 7.80. The van der Waals surface area contributed by atoms with Crippen LogP contribution in [0.1, 0.15) is 25.7 Å². The molecular formula is C21H22N4O3. The van der Waals surface area contributed by atoms with E-state index in [0.717, 1.165) is 25.7 Å². The summed E-state index contributed by atoms with van der Waals surface area (Å²) in [6.07, 6.45) is 4.73. The topological polar surface area (TPSA) is 96.8 Å². The van der Waals surface area contributed by atoms with Gasteiger partial charge < -0.3 is 10.3 Å². The van der Waals surface area contributed by atoms with Crippen molar-refractivity contribution >= 4 is 22.6 Å². The average Bonchev–Trinajstić information content (AvgIpc) is 2.72. The number of aromatic amines is 1. The number of nitrogens with zero attached hydrogens (tertiary/aromatic N) is 2. The Morgan fingerprint density at radius 1 is 1.07 bits per heavy atom. The maximum Gasteiger partial charge on any atom is 0.328 e. The largest absolute Gasteiger partial charge is 0.328 e. The van der Waals surface area contributed by atoms with Gasteiger partial charge in [0.1, 0.15) is 5.82 Å². The molecule has 1 saturated carbocycles. The van der Waals surface area contributed by atoms with Crippen LogP contribution in [0, 0.1) is 11.8 Å². The zero-order valence-electron chi connectivity index (χ0n) is 15.4. The van der Waals surface area contributed by atoms with Crippen LogP contribution < -0.4 is 16.6 Å². The van der Waals surface area contributed by atoms with E-state index >= 15 is 0 Å². The molecule has 2 aromatic heterocycles. The van der Waals surface area contributed by atoms with Crippen molar-refractivity contribution in [2.75, 3.05) is 5.32 Å². The molecular weight excluding hydrogens is 356 g/mol. The summed E-state index contributed by atoms with van der Waals surface area (Å²) in [4.78, 5) is 44.3. The quantitative estimate of drug-likeness (QED) is 0.729. The van der Waals surface area contributed by atoms with E-state index in [1.54, 1.807) is 42.6 Å². The minimum absolute atomic E-state index is 0.0159. The van der Waals surface area contributed by atoms with Gasteiger partial charge in [0.25, 0.3) is 5.56 Å². The third kappa shape index (κ3) is 3.74. The Morgan fingerprint density at radius 2 is 1.82 bits per heavy atom. The lowest BCUT2D eigenvalue weighted by molar-refractivity contribution is -0.121. The molecule has 0 spiro atoms. The molecule has 0 saturated heterocycles. The molecule has 144 valence electrons. The van der Waals surface area contributed by atoms with E-state index in [4.69, 9.17) is 0 Å². The standard InChI is InChI=1S/C21H22N4O3/c26-19(24-18-7-3-4-12-22-18)15-10-8-14(9-11-15)13-25-20(27)16-5-1-2-6-17(16)23-21(25)28/h1-7,12,14-15H,8-11,13H2,(H,23,28)(H,22,24,26). The van der Waals surface area contributed by atoms with Crippen LogP contribution in [0.25, 0.3) is 10.9 Å². The molecule has 1 aliphatic rings. The van der Waals surface area contributed by atoms with Crippen molar-refractivity contribution in [3.63, 3.8) is 0 Å². The van der Waals surface area contributed by atoms with Crippen molar-refractivity contribution < 1.29 is 4.79 Å². The van der Waals surface area contributed by atoms with Crippen molar-refractivity contribution in [3.8, 4) is 0 Å². The Hall–Kier alpha value is -3.22. The van der Waals surface area contributed by atoms with Crippen LogP contribution >= 0.6 is 0 Å². The van der Waals surface area contributed by atoms with Gasteiger partial charge in [-0.2, -0.15) is 0 Å². The predicted octanol–water partition coefficient (Wildman–Crippen LogP) is 2.53. The summed E-state index contributed by atoms with van der Waals surface area (Å²) in [5, 5.41) is 3.37. The summed E-state index contributed by atoms with van der Waals surface area (Å²) < 4.78 is 1.29. The number of fused-ring (bicyclic) bond motifs is 1. The minimum atomic E-state index is -0.376. The van der Waals surface area contributed by atoms with Crippen LogP contribution in [0.15, 0.2) is 58.3 Å². The third-order valence-electron chi connectivity index (χ3n) is 5.46. The number of amides is 1. The third-order valence-corrected chi connectivity index (χ3v) is 5.46. The van der Waals surface area contributed by atoms with Crippen LogP contribution in [0.5, 0.6) is 0 Å². The summed E-state index contributed by atoms with van der Waals surface area (Å²) in [6.45, 7) is 0.383. The van der Waals surface area contributed by atoms with Gasteiger partial charge in [0, 0.05) is 18.7 Å². The van der Waals surface area contributed by atoms with E-state index in [0.29, 0.717) is 23.3 Å². The monoisotopic (exact) mass is 378 g/mol. The zero-order chi connectivity index (χ0) is 19.5. The molecule has 1 amide bonds. The highest BCUT2D eigenvalue weighted by molar-refractivity contribution is 5.91. The zero-order valence-corrected chi connectivity index (χ0v) is 15.4. The van der Waals surface area contributed by atoms with E-state index in [-0.39, 0.29) is 29.0 Å². The molecule has 4 rings (SSSR count). The number of nitrogens with one attached hydrogen (secondary N) is 2. The molecule has 0 aliphatic heterocycles. The highest BCUT2D eigenvalue weighted by Gasteiger charge is 2.27. The SMILES string of the molecule is O=C(Nc1ccccn1)C1CCC(Cn2c(=O)[nH]c3ccccc3c2=O)CC1. The van der Waals surface area contributed by atoms with Crippen LogP contribution in [0.3, 0.4) is 0 Å². The van der Waals surface area contributed by atoms with Gasteiger partial charge in [0.2, 0.25) is 5.91 Å². The molecule has 0 bridgehead atoms. The number of hydrogen-bond donors (Lipinski definition) is 2. The summed E-state index contributed by atoms with van der Waals surface area (Å²) in [6, 6.07) is 12.4. The first-order chi connectivity index (χ1) is 13.6. The molecule has 2 heterocycles. The molecule has 2 N–H and O–H groups in total. The number of aromatic nitrogens is 3. The fourth-order valence-electron chi connectivity index (χ4n) is 3.90. The smallest absolute Gasteiger partial charge is 0.310 e. The van der Waals surface area contributed by atoms with Gasteiger partial charge in [0.05, 0.1) is 10.9 Å². The van der Waals surface area contributed by atoms with Gasteiger partial charge in [-0.25, -0.2) is 9.78 Å². The summed E-state index contributed by atoms with van der Waals surface area (Å²) in [7, 11) is 0. The maximum absolute atomic E-state index is 12.7. The molecule has 1 aromatic carbocycles. The molecule has 0 atom stereocenters. The Kier molecular flexibility index (Phi) is 5.06. The van der Waals surface area contributed by atoms with E-state index in [1.165, 1.54) is 4.57 Å². The normalized spacial score (nSPS) is 19.4. The summed E-state index contributed by atoms with van der Waals surface area (Å²) in [5.74, 6) is 0.686. The first-order valence-corrected chi connectivity index (χ1v) is 9.55. The number of benzene rings is 1. The van der Waals surface area contributed by atoms with Crippen molar-refractivity contribution in [2.45, 2.75) is 32.2 Å². The Bertz CT molecular complexity index is 1100. The van der Waals surface area contributed by atoms with Gasteiger partial charge >= 0.3 is 5.69 Å². The number of pyridine rings is 1. The minimum Gasteiger partial charge on any atom is -0.310 e. The van der Waals surface area contributed by atoms with Gasteiger partial charge in [-0.05, 0) is 55.9 Å². The number of H-pyrrole nitrogens is 1. The lowest BCUT2D eigenvalue weighted by atomic mass is 9.81. The lowest BCUT2D eigenvalue weighted by Crippen LogP contribution is -2.38. The van der Waals surface area contributed by atoms with Crippen molar-refractivity contribution in [2.24, 2.45) is 11.8 Å². The van der Waals surface area contributed by atoms with Crippen LogP contribution in [-0.4, -0.2) is 20.4 Å². The average molecular weight is 378 g/mol. The summed E-state index contributed by atoms with van der Waals surface area (Å²) >= 11 is 0. The van der Waals surface area contributed by atoms with Gasteiger partial charge in [-0.3, -0.25) is 14.2 Å². The first-order valence-electron chi connectivity index (χ1n) is 9.55. The number of carbonyl (C=O) groups is 1. The molecule has 0 radical (unpaired) electrons. The predicted molar refractivity (Wildman–Crippen MR) is 107 cm³/mol. The van der Waals surface area contributed by atoms with Crippen molar-refractivity contribution in [1.82, 2.24) is 14.5 Å². The van der Waals surface area contributed by atoms with E-state index in [2.05, 4.69) is 15.3 Å². The molecule has 0 unspecified atom stereocenters. The van der Waals surface area contributed by atoms with Gasteiger partial charge in [0.15, 0.2) is 0 Å². The Morgan fingerprint density at radius 3 is 2.57 bits per heavy atom. The fraction of sp³-hybridized carbons (Fsp3) is 0.333. The molecule has 28 heavy (non-hydrogen) atoms. The van der Waals surface area contributed by atoms with Crippen LogP contribution in [0.4, 0.5) is 5.82 Å². The van der Waals surface area contributed by atoms with Crippen molar-refractivity contribution in [1.29, 1.82) is 0 Å². The fourth-order valence-corrected chi connectivity index (χ4v) is 3.90. The number of hydrogen-bond acceptors (Lipinski definition) is 4. The number of rotatable bonds is 4. The molecule has 1 aliphatic carbocycles. The first kappa shape index (κ1) is 18.2.